The van der Waals surface area contributed by atoms with Gasteiger partial charge in [0.2, 0.25) is 5.91 Å². The van der Waals surface area contributed by atoms with Gasteiger partial charge in [-0.3, -0.25) is 4.79 Å². The summed E-state index contributed by atoms with van der Waals surface area (Å²) in [6.07, 6.45) is 0.371. The zero-order chi connectivity index (χ0) is 22.8. The Bertz CT molecular complexity index is 1290. The lowest BCUT2D eigenvalue weighted by molar-refractivity contribution is -0.117. The van der Waals surface area contributed by atoms with Crippen molar-refractivity contribution in [2.75, 3.05) is 25.2 Å². The van der Waals surface area contributed by atoms with Crippen molar-refractivity contribution in [1.29, 1.82) is 0 Å². The fourth-order valence-corrected chi connectivity index (χ4v) is 4.57. The lowest BCUT2D eigenvalue weighted by Crippen LogP contribution is -2.25. The first-order chi connectivity index (χ1) is 16.1. The number of imidazole rings is 1. The summed E-state index contributed by atoms with van der Waals surface area (Å²) in [6.45, 7) is 1.65. The Morgan fingerprint density at radius 1 is 1.03 bits per heavy atom. The molecule has 0 saturated carbocycles. The molecule has 7 heteroatoms. The number of carbonyl (C=O) groups is 1. The number of nitrogens with zero attached hydrogens (tertiary/aromatic N) is 3. The van der Waals surface area contributed by atoms with Gasteiger partial charge in [-0.05, 0) is 36.4 Å². The smallest absolute Gasteiger partial charge is 0.227 e. The summed E-state index contributed by atoms with van der Waals surface area (Å²) >= 11 is 6.43. The molecule has 1 aliphatic rings. The van der Waals surface area contributed by atoms with Gasteiger partial charge in [-0.2, -0.15) is 0 Å². The third kappa shape index (κ3) is 4.26. The molecule has 3 aromatic carbocycles. The number of para-hydroxylation sites is 3. The van der Waals surface area contributed by atoms with Crippen LogP contribution in [0.4, 0.5) is 5.69 Å². The molecule has 168 valence electrons. The minimum atomic E-state index is -0.0520. The second-order valence-electron chi connectivity index (χ2n) is 7.99. The largest absolute Gasteiger partial charge is 0.497 e. The second kappa shape index (κ2) is 9.16. The van der Waals surface area contributed by atoms with E-state index in [0.717, 1.165) is 22.6 Å². The van der Waals surface area contributed by atoms with Crippen LogP contribution in [-0.4, -0.2) is 35.7 Å². The van der Waals surface area contributed by atoms with E-state index in [0.29, 0.717) is 42.6 Å². The minimum Gasteiger partial charge on any atom is -0.497 e. The Morgan fingerprint density at radius 3 is 2.64 bits per heavy atom. The summed E-state index contributed by atoms with van der Waals surface area (Å²) < 4.78 is 13.4. The number of methoxy groups -OCH3 is 1. The summed E-state index contributed by atoms with van der Waals surface area (Å²) in [7, 11) is 1.60. The average Bonchev–Trinajstić information content (AvgIpc) is 3.41. The van der Waals surface area contributed by atoms with Gasteiger partial charge in [-0.15, -0.1) is 0 Å². The normalized spacial score (nSPS) is 15.9. The maximum Gasteiger partial charge on any atom is 0.227 e. The zero-order valence-corrected chi connectivity index (χ0v) is 19.0. The van der Waals surface area contributed by atoms with Crippen molar-refractivity contribution in [3.8, 4) is 11.5 Å². The molecule has 0 bridgehead atoms. The maximum atomic E-state index is 13.0. The topological polar surface area (TPSA) is 56.6 Å². The van der Waals surface area contributed by atoms with Crippen LogP contribution in [0.3, 0.4) is 0 Å². The Labute approximate surface area is 197 Å². The number of ether oxygens (including phenoxy) is 2. The Kier molecular flexibility index (Phi) is 5.92. The van der Waals surface area contributed by atoms with Gasteiger partial charge in [0.15, 0.2) is 0 Å². The molecule has 1 aromatic heterocycles. The molecule has 0 N–H and O–H groups in total. The Morgan fingerprint density at radius 2 is 1.82 bits per heavy atom. The van der Waals surface area contributed by atoms with E-state index < -0.39 is 0 Å². The van der Waals surface area contributed by atoms with Gasteiger partial charge < -0.3 is 18.9 Å². The van der Waals surface area contributed by atoms with Gasteiger partial charge >= 0.3 is 0 Å². The number of hydrogen-bond donors (Lipinski definition) is 0. The predicted molar refractivity (Wildman–Crippen MR) is 129 cm³/mol. The van der Waals surface area contributed by atoms with Crippen molar-refractivity contribution in [1.82, 2.24) is 9.55 Å². The summed E-state index contributed by atoms with van der Waals surface area (Å²) in [5, 5.41) is 0.523. The van der Waals surface area contributed by atoms with Crippen molar-refractivity contribution in [3.05, 3.63) is 83.6 Å². The van der Waals surface area contributed by atoms with Crippen molar-refractivity contribution < 1.29 is 14.3 Å². The third-order valence-corrected chi connectivity index (χ3v) is 6.26. The van der Waals surface area contributed by atoms with Crippen LogP contribution >= 0.6 is 11.6 Å². The van der Waals surface area contributed by atoms with E-state index in [4.69, 9.17) is 26.1 Å². The number of anilines is 1. The van der Waals surface area contributed by atoms with Crippen LogP contribution in [0.5, 0.6) is 11.5 Å². The van der Waals surface area contributed by atoms with Gasteiger partial charge in [0.1, 0.15) is 23.9 Å². The van der Waals surface area contributed by atoms with Crippen molar-refractivity contribution >= 4 is 34.2 Å². The van der Waals surface area contributed by atoms with Crippen LogP contribution in [0.25, 0.3) is 11.0 Å². The van der Waals surface area contributed by atoms with Crippen LogP contribution in [0.15, 0.2) is 72.8 Å². The van der Waals surface area contributed by atoms with Gasteiger partial charge in [0, 0.05) is 24.9 Å². The standard InChI is InChI=1S/C26H24ClN3O3/c1-32-20-11-12-21(27)24(16-20)30-17-18(15-25(30)31)26-28-22-9-5-6-10-23(22)29(26)13-14-33-19-7-3-2-4-8-19/h2-12,16,18H,13-15,17H2,1H3/t18-/m1/s1. The number of aromatic nitrogens is 2. The van der Waals surface area contributed by atoms with Crippen LogP contribution in [-0.2, 0) is 11.3 Å². The number of halogens is 1. The Balaban J connectivity index is 1.42. The number of fused-ring (bicyclic) bond motifs is 1. The predicted octanol–water partition coefficient (Wildman–Crippen LogP) is 5.30. The van der Waals surface area contributed by atoms with E-state index in [9.17, 15) is 4.79 Å². The van der Waals surface area contributed by atoms with Gasteiger partial charge in [0.05, 0.1) is 35.4 Å². The molecule has 0 spiro atoms. The van der Waals surface area contributed by atoms with Crippen molar-refractivity contribution in [3.63, 3.8) is 0 Å². The molecular formula is C26H24ClN3O3. The summed E-state index contributed by atoms with van der Waals surface area (Å²) in [6, 6.07) is 23.1. The summed E-state index contributed by atoms with van der Waals surface area (Å²) in [4.78, 5) is 19.6. The fourth-order valence-electron chi connectivity index (χ4n) is 4.35. The second-order valence-corrected chi connectivity index (χ2v) is 8.40. The molecule has 2 heterocycles. The number of benzene rings is 3. The fraction of sp³-hybridized carbons (Fsp3) is 0.231. The SMILES string of the molecule is COc1ccc(Cl)c(N2C[C@H](c3nc4ccccc4n3CCOc3ccccc3)CC2=O)c1. The molecule has 0 radical (unpaired) electrons. The molecule has 1 amide bonds. The van der Waals surface area contributed by atoms with Crippen LogP contribution in [0, 0.1) is 0 Å². The molecule has 0 aliphatic carbocycles. The van der Waals surface area contributed by atoms with Gasteiger partial charge in [-0.25, -0.2) is 4.98 Å². The minimum absolute atomic E-state index is 0.0225. The maximum absolute atomic E-state index is 13.0. The van der Waals surface area contributed by atoms with E-state index in [1.165, 1.54) is 0 Å². The Hall–Kier alpha value is -3.51. The van der Waals surface area contributed by atoms with Gasteiger partial charge in [0.25, 0.3) is 0 Å². The molecule has 0 unspecified atom stereocenters. The monoisotopic (exact) mass is 461 g/mol. The van der Waals surface area contributed by atoms with Crippen LogP contribution < -0.4 is 14.4 Å². The molecular weight excluding hydrogens is 438 g/mol. The first kappa shape index (κ1) is 21.3. The first-order valence-electron chi connectivity index (χ1n) is 10.9. The van der Waals surface area contributed by atoms with Crippen LogP contribution in [0.1, 0.15) is 18.2 Å². The molecule has 1 atom stereocenters. The third-order valence-electron chi connectivity index (χ3n) is 5.95. The first-order valence-corrected chi connectivity index (χ1v) is 11.3. The highest BCUT2D eigenvalue weighted by Crippen LogP contribution is 2.37. The van der Waals surface area contributed by atoms with E-state index >= 15 is 0 Å². The van der Waals surface area contributed by atoms with E-state index in [1.807, 2.05) is 48.5 Å². The average molecular weight is 462 g/mol. The highest BCUT2D eigenvalue weighted by Gasteiger charge is 2.35. The molecule has 1 fully saturated rings. The van der Waals surface area contributed by atoms with E-state index in [-0.39, 0.29) is 11.8 Å². The molecule has 1 aliphatic heterocycles. The van der Waals surface area contributed by atoms with Crippen molar-refractivity contribution in [2.45, 2.75) is 18.9 Å². The van der Waals surface area contributed by atoms with Crippen molar-refractivity contribution in [2.24, 2.45) is 0 Å². The number of amides is 1. The number of hydrogen-bond acceptors (Lipinski definition) is 4. The van der Waals surface area contributed by atoms with E-state index in [1.54, 1.807) is 30.2 Å². The molecule has 6 nitrogen and oxygen atoms in total. The quantitative estimate of drug-likeness (QED) is 0.375. The van der Waals surface area contributed by atoms with Gasteiger partial charge in [-0.1, -0.05) is 41.9 Å². The lowest BCUT2D eigenvalue weighted by Gasteiger charge is -2.19. The molecule has 5 rings (SSSR count). The number of carbonyl (C=O) groups excluding carboxylic acids is 1. The highest BCUT2D eigenvalue weighted by molar-refractivity contribution is 6.34. The lowest BCUT2D eigenvalue weighted by atomic mass is 10.1. The molecule has 1 saturated heterocycles. The summed E-state index contributed by atoms with van der Waals surface area (Å²) in [5.74, 6) is 2.36. The highest BCUT2D eigenvalue weighted by atomic mass is 35.5. The van der Waals surface area contributed by atoms with E-state index in [2.05, 4.69) is 10.6 Å². The molecule has 4 aromatic rings. The zero-order valence-electron chi connectivity index (χ0n) is 18.3. The van der Waals surface area contributed by atoms with Crippen LogP contribution in [0.2, 0.25) is 5.02 Å². The number of rotatable bonds is 7. The molecule has 33 heavy (non-hydrogen) atoms. The summed E-state index contributed by atoms with van der Waals surface area (Å²) in [5.41, 5.74) is 2.62.